The third kappa shape index (κ3) is 4.98. The molecule has 6 nitrogen and oxygen atoms in total. The molecule has 17 heavy (non-hydrogen) atoms. The zero-order valence-electron chi connectivity index (χ0n) is 10.6. The van der Waals surface area contributed by atoms with Crippen molar-refractivity contribution in [3.63, 3.8) is 0 Å². The van der Waals surface area contributed by atoms with Crippen LogP contribution in [0.1, 0.15) is 40.5 Å². The third-order valence-corrected chi connectivity index (χ3v) is 4.31. The van der Waals surface area contributed by atoms with Crippen LogP contribution in [0.4, 0.5) is 0 Å². The van der Waals surface area contributed by atoms with Gasteiger partial charge < -0.3 is 14.3 Å². The number of carbonyl (C=O) groups is 1. The van der Waals surface area contributed by atoms with Gasteiger partial charge in [-0.05, 0) is 26.7 Å². The maximum atomic E-state index is 12.3. The summed E-state index contributed by atoms with van der Waals surface area (Å²) in [7, 11) is -3.84. The minimum Gasteiger partial charge on any atom is -0.410 e. The van der Waals surface area contributed by atoms with E-state index in [1.54, 1.807) is 13.8 Å². The van der Waals surface area contributed by atoms with Gasteiger partial charge in [0, 0.05) is 0 Å². The molecule has 0 fully saturated rings. The van der Waals surface area contributed by atoms with Gasteiger partial charge >= 0.3 is 7.60 Å². The number of rotatable bonds is 8. The van der Waals surface area contributed by atoms with Crippen LogP contribution in [0.25, 0.3) is 0 Å². The zero-order valence-corrected chi connectivity index (χ0v) is 11.5. The van der Waals surface area contributed by atoms with E-state index in [-0.39, 0.29) is 18.5 Å². The third-order valence-electron chi connectivity index (χ3n) is 2.28. The van der Waals surface area contributed by atoms with Crippen molar-refractivity contribution in [3.8, 4) is 0 Å². The molecule has 0 aromatic rings. The second-order valence-corrected chi connectivity index (χ2v) is 5.60. The van der Waals surface area contributed by atoms with Crippen molar-refractivity contribution < 1.29 is 23.6 Å². The Bertz CT molecular complexity index is 302. The average Bonchev–Trinajstić information content (AvgIpc) is 2.29. The highest BCUT2D eigenvalue weighted by molar-refractivity contribution is 7.74. The Labute approximate surface area is 102 Å². The van der Waals surface area contributed by atoms with Gasteiger partial charge in [0.25, 0.3) is 0 Å². The number of hydrogen-bond acceptors (Lipinski definition) is 6. The lowest BCUT2D eigenvalue weighted by Gasteiger charge is -2.23. The molecular weight excluding hydrogens is 245 g/mol. The van der Waals surface area contributed by atoms with Crippen LogP contribution in [0.15, 0.2) is 5.16 Å². The molecule has 2 atom stereocenters. The van der Waals surface area contributed by atoms with E-state index in [0.29, 0.717) is 12.8 Å². The van der Waals surface area contributed by atoms with Crippen LogP contribution in [0.3, 0.4) is 0 Å². The van der Waals surface area contributed by atoms with Crippen LogP contribution in [0, 0.1) is 0 Å². The van der Waals surface area contributed by atoms with Crippen molar-refractivity contribution in [2.24, 2.45) is 5.16 Å². The molecule has 1 N–H and O–H groups in total. The maximum absolute atomic E-state index is 12.3. The monoisotopic (exact) mass is 265 g/mol. The molecule has 7 heteroatoms. The van der Waals surface area contributed by atoms with Gasteiger partial charge in [-0.2, -0.15) is 0 Å². The zero-order chi connectivity index (χ0) is 13.5. The number of carbonyl (C=O) groups excluding carboxylic acids is 1. The Hall–Kier alpha value is -0.710. The standard InChI is InChI=1S/C10H20NO5P/c1-5-8(3)15-17(14,10(7-12)11-13)16-9(4)6-2/h7-9,13H,5-6H2,1-4H3/b11-10-. The summed E-state index contributed by atoms with van der Waals surface area (Å²) in [4.78, 5) is 10.7. The van der Waals surface area contributed by atoms with Crippen molar-refractivity contribution in [3.05, 3.63) is 0 Å². The van der Waals surface area contributed by atoms with Gasteiger partial charge in [0.2, 0.25) is 5.45 Å². The van der Waals surface area contributed by atoms with E-state index in [1.807, 2.05) is 13.8 Å². The molecule has 0 saturated carbocycles. The Morgan fingerprint density at radius 2 is 1.71 bits per heavy atom. The molecule has 0 heterocycles. The summed E-state index contributed by atoms with van der Waals surface area (Å²) >= 11 is 0. The molecule has 0 spiro atoms. The summed E-state index contributed by atoms with van der Waals surface area (Å²) in [5, 5.41) is 11.3. The van der Waals surface area contributed by atoms with Crippen LogP contribution < -0.4 is 0 Å². The van der Waals surface area contributed by atoms with Gasteiger partial charge in [-0.15, -0.1) is 0 Å². The normalized spacial score (nSPS) is 19.4. The second kappa shape index (κ2) is 7.58. The summed E-state index contributed by atoms with van der Waals surface area (Å²) in [6.45, 7) is 7.09. The lowest BCUT2D eigenvalue weighted by atomic mass is 10.3. The Morgan fingerprint density at radius 3 is 1.94 bits per heavy atom. The highest BCUT2D eigenvalue weighted by Crippen LogP contribution is 2.52. The number of oxime groups is 1. The summed E-state index contributed by atoms with van der Waals surface area (Å²) in [5.41, 5.74) is -0.599. The molecular formula is C10H20NO5P. The highest BCUT2D eigenvalue weighted by Gasteiger charge is 2.36. The van der Waals surface area contributed by atoms with Crippen molar-refractivity contribution >= 4 is 19.3 Å². The fourth-order valence-electron chi connectivity index (χ4n) is 0.899. The van der Waals surface area contributed by atoms with Crippen molar-refractivity contribution in [1.82, 2.24) is 0 Å². The minimum atomic E-state index is -3.84. The van der Waals surface area contributed by atoms with Crippen molar-refractivity contribution in [2.45, 2.75) is 52.7 Å². The van der Waals surface area contributed by atoms with Crippen LogP contribution in [-0.2, 0) is 18.4 Å². The van der Waals surface area contributed by atoms with Crippen LogP contribution in [0.5, 0.6) is 0 Å². The molecule has 0 aromatic heterocycles. The van der Waals surface area contributed by atoms with Gasteiger partial charge in [0.05, 0.1) is 12.2 Å². The molecule has 2 unspecified atom stereocenters. The summed E-state index contributed by atoms with van der Waals surface area (Å²) < 4.78 is 22.8. The molecule has 0 aliphatic rings. The van der Waals surface area contributed by atoms with Gasteiger partial charge in [-0.3, -0.25) is 9.36 Å². The van der Waals surface area contributed by atoms with E-state index in [1.165, 1.54) is 0 Å². The summed E-state index contributed by atoms with van der Waals surface area (Å²) in [6, 6.07) is 0. The van der Waals surface area contributed by atoms with E-state index < -0.39 is 13.0 Å². The lowest BCUT2D eigenvalue weighted by molar-refractivity contribution is -0.102. The SMILES string of the molecule is CCC(C)OP(=O)(OC(C)CC)/C(C=O)=N\O. The van der Waals surface area contributed by atoms with Gasteiger partial charge in [-0.25, -0.2) is 0 Å². The second-order valence-electron chi connectivity index (χ2n) is 3.72. The van der Waals surface area contributed by atoms with Crippen molar-refractivity contribution in [1.29, 1.82) is 0 Å². The first-order valence-corrected chi connectivity index (χ1v) is 7.12. The maximum Gasteiger partial charge on any atom is 0.386 e. The predicted octanol–water partition coefficient (Wildman–Crippen LogP) is 2.80. The molecule has 0 aliphatic heterocycles. The predicted molar refractivity (Wildman–Crippen MR) is 64.6 cm³/mol. The highest BCUT2D eigenvalue weighted by atomic mass is 31.2. The van der Waals surface area contributed by atoms with Crippen LogP contribution >= 0.6 is 7.60 Å². The van der Waals surface area contributed by atoms with E-state index in [0.717, 1.165) is 0 Å². The topological polar surface area (TPSA) is 85.2 Å². The molecule has 0 amide bonds. The van der Waals surface area contributed by atoms with Crippen LogP contribution in [0.2, 0.25) is 0 Å². The largest absolute Gasteiger partial charge is 0.410 e. The van der Waals surface area contributed by atoms with Gasteiger partial charge in [0.1, 0.15) is 0 Å². The quantitative estimate of drug-likeness (QED) is 0.240. The Kier molecular flexibility index (Phi) is 7.27. The van der Waals surface area contributed by atoms with Gasteiger partial charge in [0.15, 0.2) is 6.29 Å². The lowest BCUT2D eigenvalue weighted by Crippen LogP contribution is -2.17. The molecule has 0 aromatic carbocycles. The first-order chi connectivity index (χ1) is 7.93. The molecule has 0 bridgehead atoms. The van der Waals surface area contributed by atoms with E-state index in [9.17, 15) is 9.36 Å². The van der Waals surface area contributed by atoms with E-state index >= 15 is 0 Å². The fraction of sp³-hybridized carbons (Fsp3) is 0.800. The van der Waals surface area contributed by atoms with Crippen LogP contribution in [-0.4, -0.2) is 29.2 Å². The van der Waals surface area contributed by atoms with Crippen molar-refractivity contribution in [2.75, 3.05) is 0 Å². The number of hydrogen-bond donors (Lipinski definition) is 1. The van der Waals surface area contributed by atoms with Gasteiger partial charge in [-0.1, -0.05) is 19.0 Å². The van der Waals surface area contributed by atoms with E-state index in [4.69, 9.17) is 14.3 Å². The molecule has 0 saturated heterocycles. The smallest absolute Gasteiger partial charge is 0.386 e. The first kappa shape index (κ1) is 16.3. The number of nitrogens with zero attached hydrogens (tertiary/aromatic N) is 1. The fourth-order valence-corrected chi connectivity index (χ4v) is 2.65. The molecule has 0 aliphatic carbocycles. The molecule has 0 radical (unpaired) electrons. The first-order valence-electron chi connectivity index (χ1n) is 5.58. The summed E-state index contributed by atoms with van der Waals surface area (Å²) in [5.74, 6) is 0. The Morgan fingerprint density at radius 1 is 1.29 bits per heavy atom. The Balaban J connectivity index is 5.06. The molecule has 100 valence electrons. The minimum absolute atomic E-state index is 0.186. The number of aldehydes is 1. The molecule has 0 rings (SSSR count). The average molecular weight is 265 g/mol. The summed E-state index contributed by atoms with van der Waals surface area (Å²) in [6.07, 6.45) is 0.672. The van der Waals surface area contributed by atoms with E-state index in [2.05, 4.69) is 5.16 Å².